The number of amides is 1. The molecule has 2 heterocycles. The summed E-state index contributed by atoms with van der Waals surface area (Å²) < 4.78 is 0. The van der Waals surface area contributed by atoms with Crippen molar-refractivity contribution >= 4 is 17.6 Å². The van der Waals surface area contributed by atoms with Gasteiger partial charge in [-0.25, -0.2) is 0 Å². The number of carbonyl (C=O) groups excluding carboxylic acids is 2. The van der Waals surface area contributed by atoms with Gasteiger partial charge in [0.2, 0.25) is 0 Å². The van der Waals surface area contributed by atoms with Gasteiger partial charge in [0.05, 0.1) is 23.3 Å². The molecule has 0 radical (unpaired) electrons. The number of anilines is 1. The summed E-state index contributed by atoms with van der Waals surface area (Å²) in [6.45, 7) is 1.55. The van der Waals surface area contributed by atoms with E-state index in [9.17, 15) is 14.7 Å². The van der Waals surface area contributed by atoms with Crippen LogP contribution in [-0.2, 0) is 4.79 Å². The van der Waals surface area contributed by atoms with Crippen molar-refractivity contribution in [1.29, 1.82) is 0 Å². The molecule has 1 fully saturated rings. The molecule has 0 saturated carbocycles. The minimum atomic E-state index is -1.10. The Labute approximate surface area is 135 Å². The lowest BCUT2D eigenvalue weighted by molar-refractivity contribution is -0.308. The van der Waals surface area contributed by atoms with Crippen molar-refractivity contribution in [2.75, 3.05) is 18.4 Å². The van der Waals surface area contributed by atoms with Gasteiger partial charge in [-0.1, -0.05) is 24.3 Å². The first-order valence-electron chi connectivity index (χ1n) is 8.23. The van der Waals surface area contributed by atoms with Gasteiger partial charge in [0.1, 0.15) is 0 Å². The normalized spacial score (nSPS) is 28.2. The summed E-state index contributed by atoms with van der Waals surface area (Å²) in [7, 11) is 0. The summed E-state index contributed by atoms with van der Waals surface area (Å²) in [6, 6.07) is 4.92. The first kappa shape index (κ1) is 14.3. The Balaban J connectivity index is 1.77. The molecule has 2 aliphatic heterocycles. The van der Waals surface area contributed by atoms with Crippen molar-refractivity contribution < 1.29 is 14.7 Å². The smallest absolute Gasteiger partial charge is 0.255 e. The van der Waals surface area contributed by atoms with Gasteiger partial charge >= 0.3 is 0 Å². The van der Waals surface area contributed by atoms with Crippen LogP contribution in [0.3, 0.4) is 0 Å². The number of likely N-dealkylation sites (tertiary alicyclic amines) is 1. The molecule has 5 nitrogen and oxygen atoms in total. The fraction of sp³-hybridized carbons (Fsp3) is 0.444. The molecule has 0 aromatic heterocycles. The lowest BCUT2D eigenvalue weighted by Crippen LogP contribution is -2.49. The third-order valence-corrected chi connectivity index (χ3v) is 5.27. The minimum Gasteiger partial charge on any atom is -0.548 e. The molecule has 1 N–H and O–H groups in total. The molecular weight excluding hydrogens is 292 g/mol. The maximum Gasteiger partial charge on any atom is 0.255 e. The number of carboxylic acids is 1. The van der Waals surface area contributed by atoms with Gasteiger partial charge in [0.25, 0.3) is 5.91 Å². The van der Waals surface area contributed by atoms with Gasteiger partial charge in [0.15, 0.2) is 0 Å². The van der Waals surface area contributed by atoms with Crippen LogP contribution >= 0.6 is 0 Å². The highest BCUT2D eigenvalue weighted by molar-refractivity contribution is 6.01. The van der Waals surface area contributed by atoms with Crippen molar-refractivity contribution in [1.82, 2.24) is 4.90 Å². The highest BCUT2D eigenvalue weighted by Crippen LogP contribution is 2.45. The van der Waals surface area contributed by atoms with Gasteiger partial charge in [-0.15, -0.1) is 0 Å². The summed E-state index contributed by atoms with van der Waals surface area (Å²) in [5.74, 6) is -1.10. The zero-order valence-electron chi connectivity index (χ0n) is 12.8. The third-order valence-electron chi connectivity index (χ3n) is 5.27. The number of hydrogen-bond donors (Lipinski definition) is 1. The summed E-state index contributed by atoms with van der Waals surface area (Å²) in [5, 5.41) is 14.6. The number of para-hydroxylation sites is 1. The molecule has 1 amide bonds. The summed E-state index contributed by atoms with van der Waals surface area (Å²) in [5.41, 5.74) is 2.27. The molecule has 23 heavy (non-hydrogen) atoms. The van der Waals surface area contributed by atoms with Crippen molar-refractivity contribution in [3.8, 4) is 0 Å². The predicted octanol–water partition coefficient (Wildman–Crippen LogP) is 1.13. The number of fused-ring (bicyclic) bond motifs is 3. The first-order valence-corrected chi connectivity index (χ1v) is 8.23. The van der Waals surface area contributed by atoms with E-state index in [1.807, 2.05) is 23.1 Å². The van der Waals surface area contributed by atoms with Crippen LogP contribution in [0.25, 0.3) is 0 Å². The molecule has 0 spiro atoms. The average Bonchev–Trinajstić information content (AvgIpc) is 3.23. The highest BCUT2D eigenvalue weighted by atomic mass is 16.4. The number of allylic oxidation sites excluding steroid dienone is 2. The lowest BCUT2D eigenvalue weighted by Gasteiger charge is -2.38. The van der Waals surface area contributed by atoms with E-state index in [4.69, 9.17) is 0 Å². The van der Waals surface area contributed by atoms with Crippen molar-refractivity contribution in [2.45, 2.75) is 31.2 Å². The van der Waals surface area contributed by atoms with E-state index in [0.717, 1.165) is 37.9 Å². The van der Waals surface area contributed by atoms with Gasteiger partial charge < -0.3 is 20.1 Å². The Kier molecular flexibility index (Phi) is 3.36. The maximum absolute atomic E-state index is 12.8. The highest BCUT2D eigenvalue weighted by Gasteiger charge is 2.39. The lowest BCUT2D eigenvalue weighted by atomic mass is 9.78. The Bertz CT molecular complexity index is 692. The summed E-state index contributed by atoms with van der Waals surface area (Å²) in [4.78, 5) is 26.2. The second kappa shape index (κ2) is 5.41. The van der Waals surface area contributed by atoms with Crippen LogP contribution in [0.5, 0.6) is 0 Å². The summed E-state index contributed by atoms with van der Waals surface area (Å²) >= 11 is 0. The zero-order chi connectivity index (χ0) is 16.0. The largest absolute Gasteiger partial charge is 0.548 e. The zero-order valence-corrected chi connectivity index (χ0v) is 12.8. The Morgan fingerprint density at radius 3 is 2.74 bits per heavy atom. The Hall–Kier alpha value is -2.30. The molecule has 120 valence electrons. The molecule has 0 unspecified atom stereocenters. The summed E-state index contributed by atoms with van der Waals surface area (Å²) in [6.07, 6.45) is 6.87. The quantitative estimate of drug-likeness (QED) is 0.831. The molecular formula is C18H19N2O3-. The molecule has 1 saturated heterocycles. The van der Waals surface area contributed by atoms with Crippen LogP contribution in [0.2, 0.25) is 0 Å². The van der Waals surface area contributed by atoms with Gasteiger partial charge in [-0.2, -0.15) is 0 Å². The van der Waals surface area contributed by atoms with E-state index in [2.05, 4.69) is 11.4 Å². The van der Waals surface area contributed by atoms with E-state index >= 15 is 0 Å². The van der Waals surface area contributed by atoms with Crippen LogP contribution in [0.4, 0.5) is 5.69 Å². The number of hydrogen-bond acceptors (Lipinski definition) is 4. The molecule has 1 aliphatic carbocycles. The Morgan fingerprint density at radius 2 is 2.00 bits per heavy atom. The van der Waals surface area contributed by atoms with Crippen LogP contribution in [-0.4, -0.2) is 35.9 Å². The monoisotopic (exact) mass is 311 g/mol. The Morgan fingerprint density at radius 1 is 1.22 bits per heavy atom. The molecule has 0 bridgehead atoms. The molecule has 1 aromatic rings. The fourth-order valence-corrected chi connectivity index (χ4v) is 4.12. The third kappa shape index (κ3) is 2.22. The van der Waals surface area contributed by atoms with Crippen molar-refractivity contribution in [3.63, 3.8) is 0 Å². The molecule has 5 heteroatoms. The van der Waals surface area contributed by atoms with Crippen molar-refractivity contribution in [3.05, 3.63) is 41.5 Å². The van der Waals surface area contributed by atoms with E-state index in [-0.39, 0.29) is 17.7 Å². The van der Waals surface area contributed by atoms with E-state index < -0.39 is 12.0 Å². The number of carbonyl (C=O) groups is 2. The number of carboxylic acid groups (broad SMARTS) is 1. The van der Waals surface area contributed by atoms with Gasteiger partial charge in [0, 0.05) is 19.0 Å². The number of aliphatic carboxylic acids is 1. The average molecular weight is 311 g/mol. The van der Waals surface area contributed by atoms with Gasteiger partial charge in [-0.3, -0.25) is 4.79 Å². The fourth-order valence-electron chi connectivity index (χ4n) is 4.12. The number of nitrogens with zero attached hydrogens (tertiary/aromatic N) is 1. The van der Waals surface area contributed by atoms with E-state index in [1.54, 1.807) is 6.07 Å². The van der Waals surface area contributed by atoms with Crippen molar-refractivity contribution in [2.24, 2.45) is 5.92 Å². The molecule has 3 aliphatic rings. The standard InChI is InChI=1S/C18H20N2O3/c21-17(20-9-1-2-10-20)14-8-4-6-12-11-5-3-7-13(11)16(18(22)23)19-15(12)14/h3-6,8,11,13,16,19H,1-2,7,9-10H2,(H,22,23)/p-1/t11-,13+,16-/m1/s1. The molecule has 1 aromatic carbocycles. The SMILES string of the molecule is O=C([O-])[C@@H]1Nc2c(C(=O)N3CCCC3)cccc2[C@H]2C=CC[C@@H]21. The van der Waals surface area contributed by atoms with Crippen LogP contribution in [0.15, 0.2) is 30.4 Å². The molecule has 4 rings (SSSR count). The van der Waals surface area contributed by atoms with Gasteiger partial charge in [-0.05, 0) is 36.8 Å². The molecule has 3 atom stereocenters. The topological polar surface area (TPSA) is 72.5 Å². The van der Waals surface area contributed by atoms with Crippen LogP contribution < -0.4 is 10.4 Å². The number of benzene rings is 1. The van der Waals surface area contributed by atoms with E-state index in [0.29, 0.717) is 11.3 Å². The van der Waals surface area contributed by atoms with E-state index in [1.165, 1.54) is 0 Å². The second-order valence-electron chi connectivity index (χ2n) is 6.56. The maximum atomic E-state index is 12.8. The minimum absolute atomic E-state index is 0.00984. The number of nitrogens with one attached hydrogen (secondary N) is 1. The van der Waals surface area contributed by atoms with Crippen LogP contribution in [0, 0.1) is 5.92 Å². The van der Waals surface area contributed by atoms with Crippen LogP contribution in [0.1, 0.15) is 41.1 Å². The number of rotatable bonds is 2. The second-order valence-corrected chi connectivity index (χ2v) is 6.56. The predicted molar refractivity (Wildman–Crippen MR) is 84.0 cm³/mol. The first-order chi connectivity index (χ1) is 11.2.